The highest BCUT2D eigenvalue weighted by Crippen LogP contribution is 2.44. The fraction of sp³-hybridized carbons (Fsp3) is 0.432. The number of halogens is 1. The van der Waals surface area contributed by atoms with E-state index >= 15 is 4.79 Å². The van der Waals surface area contributed by atoms with Crippen LogP contribution in [0.1, 0.15) is 85.6 Å². The number of hydrogen-bond acceptors (Lipinski definition) is 5. The lowest BCUT2D eigenvalue weighted by Crippen LogP contribution is -2.43. The number of aromatic carboxylic acids is 1. The van der Waals surface area contributed by atoms with E-state index in [0.29, 0.717) is 57.3 Å². The number of amides is 1. The molecule has 0 fully saturated rings. The monoisotopic (exact) mass is 692 g/mol. The Bertz CT molecular complexity index is 1830. The molecule has 4 aromatic rings. The molecule has 2 N–H and O–H groups in total. The van der Waals surface area contributed by atoms with E-state index in [1.165, 1.54) is 6.07 Å². The summed E-state index contributed by atoms with van der Waals surface area (Å²) in [5, 5.41) is 24.8. The maximum atomic E-state index is 15.3. The van der Waals surface area contributed by atoms with Gasteiger partial charge in [0.1, 0.15) is 5.75 Å². The molecular weight excluding hydrogens is 644 g/mol. The summed E-state index contributed by atoms with van der Waals surface area (Å²) in [6.07, 6.45) is 2.69. The average molecular weight is 693 g/mol. The summed E-state index contributed by atoms with van der Waals surface area (Å²) >= 11 is 6.44. The van der Waals surface area contributed by atoms with Crippen molar-refractivity contribution >= 4 is 43.2 Å². The summed E-state index contributed by atoms with van der Waals surface area (Å²) < 4.78 is 10.2. The predicted molar refractivity (Wildman–Crippen MR) is 196 cm³/mol. The lowest BCUT2D eigenvalue weighted by atomic mass is 9.81. The molecule has 0 radical (unpaired) electrons. The van der Waals surface area contributed by atoms with Gasteiger partial charge in [-0.25, -0.2) is 4.79 Å². The molecule has 0 unspecified atom stereocenters. The highest BCUT2D eigenvalue weighted by Gasteiger charge is 2.40. The number of aliphatic hydroxyl groups is 1. The van der Waals surface area contributed by atoms with Gasteiger partial charge in [-0.05, 0) is 91.3 Å². The number of carboxylic acid groups (broad SMARTS) is 1. The Morgan fingerprint density at radius 1 is 1.02 bits per heavy atom. The number of aliphatic hydroxyl groups excluding tert-OH is 1. The molecule has 0 aliphatic rings. The van der Waals surface area contributed by atoms with E-state index in [2.05, 4.69) is 39.0 Å². The molecule has 2 aromatic carbocycles. The van der Waals surface area contributed by atoms with Gasteiger partial charge in [0.25, 0.3) is 5.91 Å². The number of aromatic nitrogens is 3. The first-order chi connectivity index (χ1) is 22.2. The third-order valence-electron chi connectivity index (χ3n) is 9.45. The molecule has 2 aromatic heterocycles. The summed E-state index contributed by atoms with van der Waals surface area (Å²) in [6, 6.07) is 12.3. The van der Waals surface area contributed by atoms with Gasteiger partial charge in [0, 0.05) is 42.7 Å². The summed E-state index contributed by atoms with van der Waals surface area (Å²) in [4.78, 5) is 29.3. The molecule has 0 saturated carbocycles. The zero-order valence-electron chi connectivity index (χ0n) is 30.0. The van der Waals surface area contributed by atoms with Crippen LogP contribution in [-0.4, -0.2) is 51.4 Å². The van der Waals surface area contributed by atoms with Crippen molar-refractivity contribution in [3.8, 4) is 17.0 Å². The minimum Gasteiger partial charge on any atom is -0.544 e. The molecule has 0 atom stereocenters. The number of anilines is 2. The number of carbonyl (C=O) groups is 2. The summed E-state index contributed by atoms with van der Waals surface area (Å²) in [7, 11) is 1.56. The molecule has 0 spiro atoms. The van der Waals surface area contributed by atoms with Gasteiger partial charge < -0.3 is 19.2 Å². The average Bonchev–Trinajstić information content (AvgIpc) is 3.47. The minimum absolute atomic E-state index is 0.00107. The van der Waals surface area contributed by atoms with E-state index in [0.717, 1.165) is 11.4 Å². The molecule has 0 aliphatic carbocycles. The van der Waals surface area contributed by atoms with Gasteiger partial charge in [0.2, 0.25) is 8.32 Å². The Kier molecular flexibility index (Phi) is 10.4. The summed E-state index contributed by atoms with van der Waals surface area (Å²) in [6.45, 7) is 18.9. The van der Waals surface area contributed by atoms with Crippen molar-refractivity contribution in [3.63, 3.8) is 0 Å². The van der Waals surface area contributed by atoms with Crippen molar-refractivity contribution in [2.24, 2.45) is 14.1 Å². The largest absolute Gasteiger partial charge is 0.544 e. The molecule has 0 bridgehead atoms. The van der Waals surface area contributed by atoms with E-state index in [1.54, 1.807) is 27.9 Å². The fourth-order valence-corrected chi connectivity index (χ4v) is 6.98. The van der Waals surface area contributed by atoms with Gasteiger partial charge in [0.05, 0.1) is 34.4 Å². The van der Waals surface area contributed by atoms with Crippen LogP contribution in [0, 0.1) is 6.92 Å². The lowest BCUT2D eigenvalue weighted by molar-refractivity contribution is 0.0697. The minimum atomic E-state index is -2.11. The number of nitrogens with zero attached hydrogens (tertiary/aromatic N) is 4. The highest BCUT2D eigenvalue weighted by atomic mass is 35.5. The van der Waals surface area contributed by atoms with Gasteiger partial charge in [-0.15, -0.1) is 0 Å². The maximum Gasteiger partial charge on any atom is 0.336 e. The molecule has 2 heterocycles. The molecule has 0 aliphatic heterocycles. The van der Waals surface area contributed by atoms with Gasteiger partial charge in [-0.2, -0.15) is 5.10 Å². The van der Waals surface area contributed by atoms with Gasteiger partial charge >= 0.3 is 5.97 Å². The number of benzene rings is 2. The number of rotatable bonds is 10. The van der Waals surface area contributed by atoms with Crippen LogP contribution in [0.3, 0.4) is 0 Å². The van der Waals surface area contributed by atoms with Crippen LogP contribution < -0.4 is 9.33 Å². The van der Waals surface area contributed by atoms with E-state index in [-0.39, 0.29) is 23.1 Å². The van der Waals surface area contributed by atoms with Gasteiger partial charge in [-0.3, -0.25) is 14.4 Å². The van der Waals surface area contributed by atoms with E-state index in [1.807, 2.05) is 70.6 Å². The standard InChI is InChI=1S/C37H49ClN4O5Si/c1-23-31(32(36(2,3)4)33(40(23)8)28-21-24(38)14-19-27(28)35(45)46)34(44)42(30-22-39-41(9)29(30)13-12-20-43)25-15-17-26(18-16-25)47-48(10,11)37(5,6)7/h14-19,21-22,43H,12-13,20H2,1-11H3,(H,45,46). The van der Waals surface area contributed by atoms with Crippen LogP contribution in [0.5, 0.6) is 5.75 Å². The van der Waals surface area contributed by atoms with Crippen LogP contribution in [-0.2, 0) is 25.9 Å². The highest BCUT2D eigenvalue weighted by molar-refractivity contribution is 6.74. The summed E-state index contributed by atoms with van der Waals surface area (Å²) in [5.74, 6) is -0.631. The van der Waals surface area contributed by atoms with Crippen LogP contribution in [0.2, 0.25) is 23.2 Å². The Labute approximate surface area is 290 Å². The third-order valence-corrected chi connectivity index (χ3v) is 14.0. The molecule has 4 rings (SSSR count). The second kappa shape index (κ2) is 13.6. The van der Waals surface area contributed by atoms with Crippen molar-refractivity contribution in [3.05, 3.63) is 81.8 Å². The molecule has 48 heavy (non-hydrogen) atoms. The summed E-state index contributed by atoms with van der Waals surface area (Å²) in [5.41, 5.74) is 4.46. The van der Waals surface area contributed by atoms with Crippen molar-refractivity contribution in [2.45, 2.75) is 84.9 Å². The predicted octanol–water partition coefficient (Wildman–Crippen LogP) is 8.67. The van der Waals surface area contributed by atoms with E-state index in [4.69, 9.17) is 16.0 Å². The smallest absolute Gasteiger partial charge is 0.336 e. The zero-order valence-corrected chi connectivity index (χ0v) is 31.8. The fourth-order valence-electron chi connectivity index (χ4n) is 5.77. The Balaban J connectivity index is 2.00. The number of carbonyl (C=O) groups excluding carboxylic acids is 1. The number of hydrogen-bond donors (Lipinski definition) is 2. The molecule has 11 heteroatoms. The van der Waals surface area contributed by atoms with Crippen LogP contribution in [0.15, 0.2) is 48.7 Å². The first-order valence-electron chi connectivity index (χ1n) is 16.2. The topological polar surface area (TPSA) is 110 Å². The third kappa shape index (κ3) is 7.11. The van der Waals surface area contributed by atoms with Gasteiger partial charge in [0.15, 0.2) is 0 Å². The first kappa shape index (κ1) is 37.0. The van der Waals surface area contributed by atoms with Gasteiger partial charge in [-0.1, -0.05) is 53.1 Å². The second-order valence-electron chi connectivity index (χ2n) is 14.9. The SMILES string of the molecule is Cc1c(C(=O)N(c2ccc(O[Si](C)(C)C(C)(C)C)cc2)c2cnn(C)c2CCCO)c(C(C)(C)C)c(-c2cc(Cl)ccc2C(=O)O)n1C. The second-order valence-corrected chi connectivity index (χ2v) is 20.1. The van der Waals surface area contributed by atoms with E-state index in [9.17, 15) is 15.0 Å². The van der Waals surface area contributed by atoms with Crippen LogP contribution in [0.25, 0.3) is 11.3 Å². The van der Waals surface area contributed by atoms with Crippen LogP contribution in [0.4, 0.5) is 11.4 Å². The number of carboxylic acids is 1. The number of aryl methyl sites for hydroxylation is 1. The Morgan fingerprint density at radius 3 is 2.19 bits per heavy atom. The lowest BCUT2D eigenvalue weighted by Gasteiger charge is -2.36. The Hall–Kier alpha value is -3.86. The van der Waals surface area contributed by atoms with Crippen molar-refractivity contribution in [2.75, 3.05) is 11.5 Å². The Morgan fingerprint density at radius 2 is 1.65 bits per heavy atom. The molecule has 258 valence electrons. The first-order valence-corrected chi connectivity index (χ1v) is 19.5. The normalized spacial score (nSPS) is 12.4. The maximum absolute atomic E-state index is 15.3. The van der Waals surface area contributed by atoms with E-state index < -0.39 is 19.7 Å². The zero-order chi connectivity index (χ0) is 35.9. The molecule has 1 amide bonds. The van der Waals surface area contributed by atoms with Crippen molar-refractivity contribution in [1.29, 1.82) is 0 Å². The molecule has 9 nitrogen and oxygen atoms in total. The molecular formula is C37H49ClN4O5Si. The van der Waals surface area contributed by atoms with Crippen molar-refractivity contribution in [1.82, 2.24) is 14.3 Å². The van der Waals surface area contributed by atoms with Crippen molar-refractivity contribution < 1.29 is 24.2 Å². The molecule has 0 saturated heterocycles. The van der Waals surface area contributed by atoms with Crippen LogP contribution >= 0.6 is 11.6 Å². The quantitative estimate of drug-likeness (QED) is 0.161.